The number of halogens is 1. The summed E-state index contributed by atoms with van der Waals surface area (Å²) >= 11 is 5.87. The summed E-state index contributed by atoms with van der Waals surface area (Å²) in [5.74, 6) is 0.179. The first kappa shape index (κ1) is 15.3. The molecule has 2 atom stereocenters. The normalized spacial score (nSPS) is 22.6. The first-order valence-electron chi connectivity index (χ1n) is 6.40. The molecule has 5 nitrogen and oxygen atoms in total. The number of nitrogens with zero attached hydrogens (tertiary/aromatic N) is 1. The van der Waals surface area contributed by atoms with Crippen LogP contribution in [0.4, 0.5) is 0 Å². The van der Waals surface area contributed by atoms with Gasteiger partial charge in [-0.3, -0.25) is 0 Å². The van der Waals surface area contributed by atoms with Gasteiger partial charge >= 0.3 is 0 Å². The van der Waals surface area contributed by atoms with Crippen molar-refractivity contribution in [2.45, 2.75) is 30.2 Å². The number of nitriles is 1. The third-order valence-corrected chi connectivity index (χ3v) is 5.44. The van der Waals surface area contributed by atoms with Gasteiger partial charge in [0.2, 0.25) is 10.0 Å². The molecule has 1 aromatic rings. The summed E-state index contributed by atoms with van der Waals surface area (Å²) in [6.07, 6.45) is 2.71. The Labute approximate surface area is 123 Å². The monoisotopic (exact) mass is 313 g/mol. The van der Waals surface area contributed by atoms with Crippen LogP contribution in [-0.4, -0.2) is 21.0 Å². The van der Waals surface area contributed by atoms with E-state index in [2.05, 4.69) is 4.72 Å². The fraction of sp³-hybridized carbons (Fsp3) is 0.462. The van der Waals surface area contributed by atoms with Gasteiger partial charge in [-0.05, 0) is 43.5 Å². The minimum Gasteiger partial charge on any atom is -0.330 e. The van der Waals surface area contributed by atoms with Crippen LogP contribution in [-0.2, 0) is 10.0 Å². The number of rotatable bonds is 4. The van der Waals surface area contributed by atoms with E-state index in [1.165, 1.54) is 18.2 Å². The molecule has 7 heteroatoms. The fourth-order valence-electron chi connectivity index (χ4n) is 2.50. The molecular weight excluding hydrogens is 298 g/mol. The summed E-state index contributed by atoms with van der Waals surface area (Å²) < 4.78 is 27.3. The van der Waals surface area contributed by atoms with Gasteiger partial charge < -0.3 is 5.73 Å². The average Bonchev–Trinajstić information content (AvgIpc) is 2.85. The lowest BCUT2D eigenvalue weighted by molar-refractivity contribution is 0.453. The summed E-state index contributed by atoms with van der Waals surface area (Å²) in [7, 11) is -3.63. The molecule has 3 N–H and O–H groups in total. The molecule has 1 aliphatic carbocycles. The summed E-state index contributed by atoms with van der Waals surface area (Å²) in [6.45, 7) is 0.474. The Morgan fingerprint density at radius 3 is 2.80 bits per heavy atom. The quantitative estimate of drug-likeness (QED) is 0.882. The van der Waals surface area contributed by atoms with E-state index < -0.39 is 10.0 Å². The largest absolute Gasteiger partial charge is 0.330 e. The van der Waals surface area contributed by atoms with E-state index in [9.17, 15) is 8.42 Å². The Morgan fingerprint density at radius 2 is 2.20 bits per heavy atom. The Kier molecular flexibility index (Phi) is 4.66. The second-order valence-corrected chi connectivity index (χ2v) is 7.03. The molecule has 0 bridgehead atoms. The van der Waals surface area contributed by atoms with Crippen LogP contribution in [0.3, 0.4) is 0 Å². The summed E-state index contributed by atoms with van der Waals surface area (Å²) in [5, 5.41) is 8.93. The Hall–Kier alpha value is -1.13. The highest BCUT2D eigenvalue weighted by molar-refractivity contribution is 7.89. The highest BCUT2D eigenvalue weighted by Gasteiger charge is 2.30. The molecule has 1 fully saturated rings. The smallest absolute Gasteiger partial charge is 0.240 e. The van der Waals surface area contributed by atoms with Crippen molar-refractivity contribution in [2.24, 2.45) is 11.7 Å². The highest BCUT2D eigenvalue weighted by Crippen LogP contribution is 2.27. The van der Waals surface area contributed by atoms with E-state index in [0.717, 1.165) is 19.3 Å². The predicted octanol–water partition coefficient (Wildman–Crippen LogP) is 1.62. The number of benzene rings is 1. The maximum absolute atomic E-state index is 12.3. The van der Waals surface area contributed by atoms with Crippen molar-refractivity contribution in [3.63, 3.8) is 0 Å². The van der Waals surface area contributed by atoms with Crippen LogP contribution in [0.15, 0.2) is 23.1 Å². The van der Waals surface area contributed by atoms with E-state index >= 15 is 0 Å². The molecule has 1 aromatic carbocycles. The predicted molar refractivity (Wildman–Crippen MR) is 76.7 cm³/mol. The summed E-state index contributed by atoms with van der Waals surface area (Å²) in [5.41, 5.74) is 5.91. The Balaban J connectivity index is 2.23. The molecule has 108 valence electrons. The molecule has 0 amide bonds. The van der Waals surface area contributed by atoms with Crippen LogP contribution in [0.25, 0.3) is 0 Å². The Bertz CT molecular complexity index is 640. The molecule has 0 radical (unpaired) electrons. The maximum Gasteiger partial charge on any atom is 0.240 e. The number of hydrogen-bond acceptors (Lipinski definition) is 4. The van der Waals surface area contributed by atoms with E-state index in [-0.39, 0.29) is 27.4 Å². The van der Waals surface area contributed by atoms with E-state index in [1.807, 2.05) is 6.07 Å². The zero-order chi connectivity index (χ0) is 14.8. The number of nitrogens with two attached hydrogens (primary N) is 1. The van der Waals surface area contributed by atoms with Crippen LogP contribution in [0.2, 0.25) is 5.02 Å². The second kappa shape index (κ2) is 6.10. The lowest BCUT2D eigenvalue weighted by atomic mass is 10.1. The van der Waals surface area contributed by atoms with Gasteiger partial charge in [-0.1, -0.05) is 18.0 Å². The van der Waals surface area contributed by atoms with Crippen molar-refractivity contribution < 1.29 is 8.42 Å². The first-order valence-corrected chi connectivity index (χ1v) is 8.26. The van der Waals surface area contributed by atoms with Crippen molar-refractivity contribution in [3.05, 3.63) is 28.8 Å². The van der Waals surface area contributed by atoms with Crippen molar-refractivity contribution in [2.75, 3.05) is 6.54 Å². The number of hydrogen-bond donors (Lipinski definition) is 2. The van der Waals surface area contributed by atoms with Gasteiger partial charge in [0, 0.05) is 6.04 Å². The second-order valence-electron chi connectivity index (χ2n) is 4.91. The van der Waals surface area contributed by atoms with Crippen LogP contribution in [0.5, 0.6) is 0 Å². The first-order chi connectivity index (χ1) is 9.47. The van der Waals surface area contributed by atoms with Gasteiger partial charge in [-0.15, -0.1) is 0 Å². The van der Waals surface area contributed by atoms with Crippen molar-refractivity contribution in [3.8, 4) is 6.07 Å². The fourth-order valence-corrected chi connectivity index (χ4v) is 4.15. The minimum absolute atomic E-state index is 0.0733. The van der Waals surface area contributed by atoms with E-state index in [4.69, 9.17) is 22.6 Å². The van der Waals surface area contributed by atoms with Gasteiger partial charge in [0.15, 0.2) is 0 Å². The molecule has 0 unspecified atom stereocenters. The van der Waals surface area contributed by atoms with Crippen LogP contribution in [0.1, 0.15) is 24.8 Å². The summed E-state index contributed by atoms with van der Waals surface area (Å²) in [4.78, 5) is 0.0733. The third-order valence-electron chi connectivity index (χ3n) is 3.64. The SMILES string of the molecule is N#Cc1ccc(S(=O)(=O)N[C@H]2CCC[C@H]2CN)cc1Cl. The zero-order valence-electron chi connectivity index (χ0n) is 10.8. The molecule has 1 saturated carbocycles. The highest BCUT2D eigenvalue weighted by atomic mass is 35.5. The standard InChI is InChI=1S/C13H16ClN3O2S/c14-12-6-11(5-4-9(12)7-15)20(18,19)17-13-3-1-2-10(13)8-16/h4-6,10,13,17H,1-3,8,16H2/t10-,13-/m0/s1. The summed E-state index contributed by atoms with van der Waals surface area (Å²) in [6, 6.07) is 5.87. The van der Waals surface area contributed by atoms with Gasteiger partial charge in [0.05, 0.1) is 15.5 Å². The van der Waals surface area contributed by atoms with Gasteiger partial charge in [0.1, 0.15) is 6.07 Å². The maximum atomic E-state index is 12.3. The molecule has 1 aliphatic rings. The molecule has 0 saturated heterocycles. The third kappa shape index (κ3) is 3.13. The van der Waals surface area contributed by atoms with Crippen molar-refractivity contribution >= 4 is 21.6 Å². The molecule has 0 aliphatic heterocycles. The topological polar surface area (TPSA) is 96.0 Å². The molecule has 0 aromatic heterocycles. The van der Waals surface area contributed by atoms with Crippen LogP contribution < -0.4 is 10.5 Å². The molecule has 20 heavy (non-hydrogen) atoms. The van der Waals surface area contributed by atoms with E-state index in [1.54, 1.807) is 0 Å². The van der Waals surface area contributed by atoms with Gasteiger partial charge in [-0.2, -0.15) is 5.26 Å². The number of sulfonamides is 1. The lowest BCUT2D eigenvalue weighted by Crippen LogP contribution is -2.39. The lowest BCUT2D eigenvalue weighted by Gasteiger charge is -2.19. The van der Waals surface area contributed by atoms with Gasteiger partial charge in [0.25, 0.3) is 0 Å². The van der Waals surface area contributed by atoms with Crippen LogP contribution >= 0.6 is 11.6 Å². The molecular formula is C13H16ClN3O2S. The molecule has 0 heterocycles. The van der Waals surface area contributed by atoms with Crippen molar-refractivity contribution in [1.82, 2.24) is 4.72 Å². The molecule has 2 rings (SSSR count). The van der Waals surface area contributed by atoms with Crippen molar-refractivity contribution in [1.29, 1.82) is 5.26 Å². The van der Waals surface area contributed by atoms with E-state index in [0.29, 0.717) is 6.54 Å². The van der Waals surface area contributed by atoms with Crippen LogP contribution in [0, 0.1) is 17.2 Å². The average molecular weight is 314 g/mol. The van der Waals surface area contributed by atoms with Gasteiger partial charge in [-0.25, -0.2) is 13.1 Å². The number of nitrogens with one attached hydrogen (secondary N) is 1. The molecule has 0 spiro atoms. The Morgan fingerprint density at radius 1 is 1.45 bits per heavy atom. The minimum atomic E-state index is -3.63. The zero-order valence-corrected chi connectivity index (χ0v) is 12.4.